The monoisotopic (exact) mass is 212 g/mol. The van der Waals surface area contributed by atoms with Gasteiger partial charge in [-0.05, 0) is 33.4 Å². The summed E-state index contributed by atoms with van der Waals surface area (Å²) in [6.45, 7) is 2.32. The number of aliphatic hydroxyl groups is 1. The van der Waals surface area contributed by atoms with Gasteiger partial charge in [0, 0.05) is 25.2 Å². The fourth-order valence-electron chi connectivity index (χ4n) is 3.01. The molecule has 1 saturated heterocycles. The van der Waals surface area contributed by atoms with Gasteiger partial charge in [0.2, 0.25) is 0 Å². The lowest BCUT2D eigenvalue weighted by Gasteiger charge is -2.35. The molecule has 2 fully saturated rings. The fraction of sp³-hybridized carbons (Fsp3) is 1.00. The Bertz CT molecular complexity index is 208. The molecule has 0 bridgehead atoms. The molecule has 3 heteroatoms. The summed E-state index contributed by atoms with van der Waals surface area (Å²) in [6.07, 6.45) is 5.90. The largest absolute Gasteiger partial charge is 0.391 e. The molecule has 3 nitrogen and oxygen atoms in total. The van der Waals surface area contributed by atoms with Crippen LogP contribution in [0.15, 0.2) is 0 Å². The first-order chi connectivity index (χ1) is 7.18. The van der Waals surface area contributed by atoms with Gasteiger partial charge >= 0.3 is 0 Å². The molecule has 1 aliphatic carbocycles. The number of likely N-dealkylation sites (tertiary alicyclic amines) is 1. The standard InChI is InChI=1S/C12H24N2O/c1-13(2)10-7-8-14(9-10)11-5-3-4-6-12(11)15/h10-12,15H,3-9H2,1-2H3/t10?,11-,12-/m1/s1. The summed E-state index contributed by atoms with van der Waals surface area (Å²) >= 11 is 0. The highest BCUT2D eigenvalue weighted by atomic mass is 16.3. The maximum absolute atomic E-state index is 10.00. The minimum Gasteiger partial charge on any atom is -0.391 e. The SMILES string of the molecule is CN(C)C1CCN([C@@H]2CCCC[C@H]2O)C1. The highest BCUT2D eigenvalue weighted by Gasteiger charge is 2.34. The third-order valence-electron chi connectivity index (χ3n) is 4.09. The van der Waals surface area contributed by atoms with Crippen LogP contribution in [0.5, 0.6) is 0 Å². The van der Waals surface area contributed by atoms with Crippen LogP contribution < -0.4 is 0 Å². The van der Waals surface area contributed by atoms with Crippen LogP contribution in [0.2, 0.25) is 0 Å². The predicted octanol–water partition coefficient (Wildman–Crippen LogP) is 0.926. The topological polar surface area (TPSA) is 26.7 Å². The number of hydrogen-bond donors (Lipinski definition) is 1. The quantitative estimate of drug-likeness (QED) is 0.737. The Morgan fingerprint density at radius 1 is 1.13 bits per heavy atom. The number of nitrogens with zero attached hydrogens (tertiary/aromatic N) is 2. The maximum atomic E-state index is 10.00. The van der Waals surface area contributed by atoms with Crippen LogP contribution in [0.3, 0.4) is 0 Å². The molecule has 1 saturated carbocycles. The Balaban J connectivity index is 1.89. The van der Waals surface area contributed by atoms with Gasteiger partial charge < -0.3 is 10.0 Å². The molecule has 0 amide bonds. The summed E-state index contributed by atoms with van der Waals surface area (Å²) in [5.41, 5.74) is 0. The molecule has 0 aromatic carbocycles. The summed E-state index contributed by atoms with van der Waals surface area (Å²) < 4.78 is 0. The molecule has 2 aliphatic rings. The lowest BCUT2D eigenvalue weighted by molar-refractivity contribution is 0.0285. The normalized spacial score (nSPS) is 38.8. The van der Waals surface area contributed by atoms with Gasteiger partial charge in [0.25, 0.3) is 0 Å². The van der Waals surface area contributed by atoms with Gasteiger partial charge in [-0.1, -0.05) is 12.8 Å². The molecule has 88 valence electrons. The molecule has 1 heterocycles. The van der Waals surface area contributed by atoms with E-state index in [9.17, 15) is 5.11 Å². The van der Waals surface area contributed by atoms with Crippen molar-refractivity contribution in [2.75, 3.05) is 27.2 Å². The summed E-state index contributed by atoms with van der Waals surface area (Å²) in [6, 6.07) is 1.14. The van der Waals surface area contributed by atoms with Crippen molar-refractivity contribution in [2.24, 2.45) is 0 Å². The maximum Gasteiger partial charge on any atom is 0.0695 e. The van der Waals surface area contributed by atoms with E-state index in [2.05, 4.69) is 23.9 Å². The van der Waals surface area contributed by atoms with E-state index in [0.29, 0.717) is 12.1 Å². The van der Waals surface area contributed by atoms with Crippen LogP contribution >= 0.6 is 0 Å². The number of hydrogen-bond acceptors (Lipinski definition) is 3. The molecule has 0 spiro atoms. The van der Waals surface area contributed by atoms with Gasteiger partial charge in [-0.2, -0.15) is 0 Å². The second-order valence-corrected chi connectivity index (χ2v) is 5.32. The fourth-order valence-corrected chi connectivity index (χ4v) is 3.01. The van der Waals surface area contributed by atoms with Crippen molar-refractivity contribution in [1.82, 2.24) is 9.80 Å². The molecule has 1 unspecified atom stereocenters. The van der Waals surface area contributed by atoms with Gasteiger partial charge in [-0.3, -0.25) is 4.90 Å². The van der Waals surface area contributed by atoms with Gasteiger partial charge in [-0.25, -0.2) is 0 Å². The number of aliphatic hydroxyl groups excluding tert-OH is 1. The van der Waals surface area contributed by atoms with Gasteiger partial charge in [0.1, 0.15) is 0 Å². The number of rotatable bonds is 2. The van der Waals surface area contributed by atoms with E-state index in [1.807, 2.05) is 0 Å². The highest BCUT2D eigenvalue weighted by Crippen LogP contribution is 2.26. The number of likely N-dealkylation sites (N-methyl/N-ethyl adjacent to an activating group) is 1. The lowest BCUT2D eigenvalue weighted by atomic mass is 9.91. The van der Waals surface area contributed by atoms with Gasteiger partial charge in [0.05, 0.1) is 6.10 Å². The minimum atomic E-state index is -0.0698. The van der Waals surface area contributed by atoms with Crippen molar-refractivity contribution in [2.45, 2.75) is 50.3 Å². The summed E-state index contributed by atoms with van der Waals surface area (Å²) in [7, 11) is 4.32. The van der Waals surface area contributed by atoms with Crippen molar-refractivity contribution >= 4 is 0 Å². The van der Waals surface area contributed by atoms with Crippen LogP contribution in [-0.4, -0.2) is 60.3 Å². The van der Waals surface area contributed by atoms with Gasteiger partial charge in [0.15, 0.2) is 0 Å². The molecular formula is C12H24N2O. The summed E-state index contributed by atoms with van der Waals surface area (Å²) in [5.74, 6) is 0. The van der Waals surface area contributed by atoms with Crippen molar-refractivity contribution in [1.29, 1.82) is 0 Å². The first kappa shape index (κ1) is 11.4. The van der Waals surface area contributed by atoms with Gasteiger partial charge in [-0.15, -0.1) is 0 Å². The average Bonchev–Trinajstić information content (AvgIpc) is 2.67. The molecule has 1 aliphatic heterocycles. The third kappa shape index (κ3) is 2.52. The smallest absolute Gasteiger partial charge is 0.0695 e. The molecule has 0 aromatic rings. The molecule has 0 aromatic heterocycles. The molecular weight excluding hydrogens is 188 g/mol. The molecule has 2 rings (SSSR count). The van der Waals surface area contributed by atoms with Crippen molar-refractivity contribution in [3.8, 4) is 0 Å². The third-order valence-corrected chi connectivity index (χ3v) is 4.09. The van der Waals surface area contributed by atoms with E-state index in [0.717, 1.165) is 13.0 Å². The zero-order valence-electron chi connectivity index (χ0n) is 10.0. The van der Waals surface area contributed by atoms with E-state index in [1.54, 1.807) is 0 Å². The van der Waals surface area contributed by atoms with E-state index < -0.39 is 0 Å². The van der Waals surface area contributed by atoms with Crippen molar-refractivity contribution in [3.63, 3.8) is 0 Å². The summed E-state index contributed by atoms with van der Waals surface area (Å²) in [5, 5.41) is 10.00. The van der Waals surface area contributed by atoms with Crippen LogP contribution in [-0.2, 0) is 0 Å². The van der Waals surface area contributed by atoms with Crippen LogP contribution in [0.4, 0.5) is 0 Å². The molecule has 3 atom stereocenters. The first-order valence-corrected chi connectivity index (χ1v) is 6.27. The average molecular weight is 212 g/mol. The van der Waals surface area contributed by atoms with Crippen LogP contribution in [0.1, 0.15) is 32.1 Å². The van der Waals surface area contributed by atoms with E-state index in [-0.39, 0.29) is 6.10 Å². The second kappa shape index (κ2) is 4.81. The Labute approximate surface area is 93.1 Å². The Morgan fingerprint density at radius 2 is 1.87 bits per heavy atom. The Kier molecular flexibility index (Phi) is 3.65. The molecule has 1 N–H and O–H groups in total. The zero-order chi connectivity index (χ0) is 10.8. The van der Waals surface area contributed by atoms with Crippen molar-refractivity contribution < 1.29 is 5.11 Å². The molecule has 15 heavy (non-hydrogen) atoms. The lowest BCUT2D eigenvalue weighted by Crippen LogP contribution is -2.45. The second-order valence-electron chi connectivity index (χ2n) is 5.32. The van der Waals surface area contributed by atoms with Crippen LogP contribution in [0.25, 0.3) is 0 Å². The van der Waals surface area contributed by atoms with Crippen molar-refractivity contribution in [3.05, 3.63) is 0 Å². The zero-order valence-corrected chi connectivity index (χ0v) is 10.0. The van der Waals surface area contributed by atoms with Crippen LogP contribution in [0, 0.1) is 0 Å². The predicted molar refractivity (Wildman–Crippen MR) is 61.9 cm³/mol. The van der Waals surface area contributed by atoms with E-state index in [4.69, 9.17) is 0 Å². The Hall–Kier alpha value is -0.120. The molecule has 0 radical (unpaired) electrons. The minimum absolute atomic E-state index is 0.0698. The van der Waals surface area contributed by atoms with E-state index in [1.165, 1.54) is 32.2 Å². The first-order valence-electron chi connectivity index (χ1n) is 6.27. The Morgan fingerprint density at radius 3 is 2.47 bits per heavy atom. The highest BCUT2D eigenvalue weighted by molar-refractivity contribution is 4.90. The van der Waals surface area contributed by atoms with E-state index >= 15 is 0 Å². The summed E-state index contributed by atoms with van der Waals surface area (Å²) in [4.78, 5) is 4.82.